The number of hydrogen-bond acceptors (Lipinski definition) is 6. The molecule has 0 aliphatic carbocycles. The second kappa shape index (κ2) is 8.34. The molecule has 0 atom stereocenters. The number of carbonyl (C=O) groups is 2. The number of hydrogen-bond donors (Lipinski definition) is 1. The molecule has 0 bridgehead atoms. The van der Waals surface area contributed by atoms with Crippen LogP contribution >= 0.6 is 0 Å². The van der Waals surface area contributed by atoms with Gasteiger partial charge in [0.1, 0.15) is 6.54 Å². The number of amides is 1. The van der Waals surface area contributed by atoms with Crippen LogP contribution in [0, 0.1) is 13.8 Å². The molecule has 3 aromatic rings. The second-order valence-corrected chi connectivity index (χ2v) is 6.20. The van der Waals surface area contributed by atoms with Gasteiger partial charge < -0.3 is 14.5 Å². The van der Waals surface area contributed by atoms with Crippen LogP contribution in [-0.4, -0.2) is 28.3 Å². The Hall–Kier alpha value is -3.68. The van der Waals surface area contributed by atoms with Gasteiger partial charge in [-0.1, -0.05) is 24.3 Å². The van der Waals surface area contributed by atoms with Crippen LogP contribution in [0.2, 0.25) is 0 Å². The van der Waals surface area contributed by atoms with E-state index in [9.17, 15) is 14.4 Å². The van der Waals surface area contributed by atoms with Crippen LogP contribution in [-0.2, 0) is 20.9 Å². The summed E-state index contributed by atoms with van der Waals surface area (Å²) in [6.07, 6.45) is 0. The number of rotatable bonds is 6. The standard InChI is InChI=1S/C20H19N3O5/c1-13-8-9-16(10-14(13)2)21-17(24)12-27-18(25)11-23-20(26)28-19(22-23)15-6-4-3-5-7-15/h3-10H,11-12H2,1-2H3,(H,21,24). The van der Waals surface area contributed by atoms with Gasteiger partial charge in [0.2, 0.25) is 5.89 Å². The Morgan fingerprint density at radius 3 is 2.57 bits per heavy atom. The van der Waals surface area contributed by atoms with Gasteiger partial charge in [0.25, 0.3) is 5.91 Å². The molecule has 0 fully saturated rings. The molecular formula is C20H19N3O5. The predicted molar refractivity (Wildman–Crippen MR) is 102 cm³/mol. The monoisotopic (exact) mass is 381 g/mol. The number of esters is 1. The molecular weight excluding hydrogens is 362 g/mol. The van der Waals surface area contributed by atoms with E-state index < -0.39 is 30.8 Å². The molecule has 0 spiro atoms. The van der Waals surface area contributed by atoms with E-state index in [4.69, 9.17) is 9.15 Å². The summed E-state index contributed by atoms with van der Waals surface area (Å²) < 4.78 is 10.8. The van der Waals surface area contributed by atoms with Crippen LogP contribution < -0.4 is 11.1 Å². The molecule has 1 heterocycles. The third-order valence-electron chi connectivity index (χ3n) is 4.06. The molecule has 2 aromatic carbocycles. The third-order valence-corrected chi connectivity index (χ3v) is 4.06. The molecule has 144 valence electrons. The highest BCUT2D eigenvalue weighted by atomic mass is 16.5. The first-order valence-electron chi connectivity index (χ1n) is 8.58. The number of ether oxygens (including phenoxy) is 1. The summed E-state index contributed by atoms with van der Waals surface area (Å²) in [5.41, 5.74) is 3.37. The van der Waals surface area contributed by atoms with E-state index in [0.29, 0.717) is 11.3 Å². The summed E-state index contributed by atoms with van der Waals surface area (Å²) >= 11 is 0. The average molecular weight is 381 g/mol. The number of benzene rings is 2. The van der Waals surface area contributed by atoms with Crippen LogP contribution in [0.5, 0.6) is 0 Å². The summed E-state index contributed by atoms with van der Waals surface area (Å²) in [5.74, 6) is -1.93. The molecule has 0 aliphatic heterocycles. The molecule has 8 nitrogen and oxygen atoms in total. The Labute approximate surface area is 160 Å². The van der Waals surface area contributed by atoms with Gasteiger partial charge in [-0.15, -0.1) is 5.10 Å². The molecule has 3 rings (SSSR count). The van der Waals surface area contributed by atoms with Crippen molar-refractivity contribution in [1.82, 2.24) is 9.78 Å². The Morgan fingerprint density at radius 2 is 1.86 bits per heavy atom. The van der Waals surface area contributed by atoms with Crippen molar-refractivity contribution in [2.75, 3.05) is 11.9 Å². The lowest BCUT2D eigenvalue weighted by molar-refractivity contribution is -0.148. The zero-order valence-electron chi connectivity index (χ0n) is 15.5. The van der Waals surface area contributed by atoms with Crippen molar-refractivity contribution in [3.8, 4) is 11.5 Å². The molecule has 1 aromatic heterocycles. The van der Waals surface area contributed by atoms with Crippen molar-refractivity contribution in [3.05, 3.63) is 70.2 Å². The normalized spacial score (nSPS) is 10.5. The van der Waals surface area contributed by atoms with E-state index in [-0.39, 0.29) is 5.89 Å². The molecule has 0 radical (unpaired) electrons. The number of anilines is 1. The molecule has 0 saturated carbocycles. The number of aromatic nitrogens is 2. The number of nitrogens with zero attached hydrogens (tertiary/aromatic N) is 2. The van der Waals surface area contributed by atoms with Crippen molar-refractivity contribution in [3.63, 3.8) is 0 Å². The third kappa shape index (κ3) is 4.73. The van der Waals surface area contributed by atoms with Crippen molar-refractivity contribution in [2.24, 2.45) is 0 Å². The zero-order valence-corrected chi connectivity index (χ0v) is 15.5. The fraction of sp³-hybridized carbons (Fsp3) is 0.200. The molecule has 1 amide bonds. The highest BCUT2D eigenvalue weighted by Crippen LogP contribution is 2.15. The fourth-order valence-corrected chi connectivity index (χ4v) is 2.43. The minimum atomic E-state index is -0.782. The Morgan fingerprint density at radius 1 is 1.11 bits per heavy atom. The second-order valence-electron chi connectivity index (χ2n) is 6.20. The maximum Gasteiger partial charge on any atom is 0.437 e. The fourth-order valence-electron chi connectivity index (χ4n) is 2.43. The number of carbonyl (C=O) groups excluding carboxylic acids is 2. The Kier molecular flexibility index (Phi) is 5.69. The van der Waals surface area contributed by atoms with Crippen molar-refractivity contribution < 1.29 is 18.7 Å². The lowest BCUT2D eigenvalue weighted by Crippen LogP contribution is -2.26. The molecule has 0 aliphatic rings. The van der Waals surface area contributed by atoms with Crippen LogP contribution in [0.3, 0.4) is 0 Å². The Balaban J connectivity index is 1.54. The largest absolute Gasteiger partial charge is 0.454 e. The highest BCUT2D eigenvalue weighted by molar-refractivity contribution is 5.92. The zero-order chi connectivity index (χ0) is 20.1. The maximum absolute atomic E-state index is 11.9. The first-order valence-corrected chi connectivity index (χ1v) is 8.58. The number of aryl methyl sites for hydroxylation is 2. The highest BCUT2D eigenvalue weighted by Gasteiger charge is 2.15. The number of nitrogens with one attached hydrogen (secondary N) is 1. The summed E-state index contributed by atoms with van der Waals surface area (Å²) in [5, 5.41) is 6.62. The molecule has 8 heteroatoms. The summed E-state index contributed by atoms with van der Waals surface area (Å²) in [4.78, 5) is 35.7. The maximum atomic E-state index is 11.9. The van der Waals surface area contributed by atoms with Gasteiger partial charge in [-0.25, -0.2) is 4.79 Å². The topological polar surface area (TPSA) is 103 Å². The minimum absolute atomic E-state index is 0.103. The average Bonchev–Trinajstić information content (AvgIpc) is 3.04. The minimum Gasteiger partial charge on any atom is -0.454 e. The van der Waals surface area contributed by atoms with E-state index in [0.717, 1.165) is 15.8 Å². The van der Waals surface area contributed by atoms with E-state index in [1.54, 1.807) is 30.3 Å². The van der Waals surface area contributed by atoms with Crippen molar-refractivity contribution >= 4 is 17.6 Å². The van der Waals surface area contributed by atoms with Crippen LogP contribution in [0.15, 0.2) is 57.7 Å². The lowest BCUT2D eigenvalue weighted by atomic mass is 10.1. The van der Waals surface area contributed by atoms with Crippen LogP contribution in [0.4, 0.5) is 5.69 Å². The van der Waals surface area contributed by atoms with Gasteiger partial charge in [-0.3, -0.25) is 9.59 Å². The first kappa shape index (κ1) is 19.1. The molecule has 0 saturated heterocycles. The summed E-state index contributed by atoms with van der Waals surface area (Å²) in [6.45, 7) is 2.98. The van der Waals surface area contributed by atoms with E-state index in [2.05, 4.69) is 10.4 Å². The van der Waals surface area contributed by atoms with Crippen LogP contribution in [0.1, 0.15) is 11.1 Å². The Bertz CT molecular complexity index is 1050. The van der Waals surface area contributed by atoms with Crippen molar-refractivity contribution in [1.29, 1.82) is 0 Å². The SMILES string of the molecule is Cc1ccc(NC(=O)COC(=O)Cn2nc(-c3ccccc3)oc2=O)cc1C. The quantitative estimate of drug-likeness (QED) is 0.657. The van der Waals surface area contributed by atoms with Gasteiger partial charge in [0.15, 0.2) is 6.61 Å². The van der Waals surface area contributed by atoms with E-state index >= 15 is 0 Å². The summed E-state index contributed by atoms with van der Waals surface area (Å²) in [6, 6.07) is 14.3. The first-order chi connectivity index (χ1) is 13.4. The summed E-state index contributed by atoms with van der Waals surface area (Å²) in [7, 11) is 0. The van der Waals surface area contributed by atoms with E-state index in [1.807, 2.05) is 32.0 Å². The van der Waals surface area contributed by atoms with Gasteiger partial charge >= 0.3 is 11.7 Å². The van der Waals surface area contributed by atoms with Gasteiger partial charge in [-0.2, -0.15) is 4.68 Å². The molecule has 0 unspecified atom stereocenters. The lowest BCUT2D eigenvalue weighted by Gasteiger charge is -2.08. The van der Waals surface area contributed by atoms with Crippen molar-refractivity contribution in [2.45, 2.75) is 20.4 Å². The van der Waals surface area contributed by atoms with Gasteiger partial charge in [-0.05, 0) is 49.2 Å². The predicted octanol–water partition coefficient (Wildman–Crippen LogP) is 2.30. The van der Waals surface area contributed by atoms with Gasteiger partial charge in [0.05, 0.1) is 0 Å². The van der Waals surface area contributed by atoms with Gasteiger partial charge in [0, 0.05) is 11.3 Å². The van der Waals surface area contributed by atoms with E-state index in [1.165, 1.54) is 0 Å². The molecule has 28 heavy (non-hydrogen) atoms. The smallest absolute Gasteiger partial charge is 0.437 e. The molecule has 1 N–H and O–H groups in total. The van der Waals surface area contributed by atoms with Crippen LogP contribution in [0.25, 0.3) is 11.5 Å².